The Morgan fingerprint density at radius 2 is 1.94 bits per heavy atom. The lowest BCUT2D eigenvalue weighted by molar-refractivity contribution is -0.137. The molecule has 0 aromatic heterocycles. The van der Waals surface area contributed by atoms with E-state index in [0.717, 1.165) is 6.07 Å². The number of benzene rings is 1. The number of nitrogens with one attached hydrogen (secondary N) is 1. The minimum absolute atomic E-state index is 0.0173. The summed E-state index contributed by atoms with van der Waals surface area (Å²) in [7, 11) is 0. The number of anilines is 1. The van der Waals surface area contributed by atoms with E-state index in [0.29, 0.717) is 0 Å². The van der Waals surface area contributed by atoms with E-state index in [4.69, 9.17) is 16.7 Å². The number of halogens is 4. The summed E-state index contributed by atoms with van der Waals surface area (Å²) in [5.74, 6) is -0.0266. The van der Waals surface area contributed by atoms with Gasteiger partial charge in [0.05, 0.1) is 17.5 Å². The van der Waals surface area contributed by atoms with Gasteiger partial charge in [0.1, 0.15) is 0 Å². The average molecular weight is 254 g/mol. The molecule has 2 nitrogen and oxygen atoms in total. The van der Waals surface area contributed by atoms with Gasteiger partial charge in [0.15, 0.2) is 0 Å². The maximum Gasteiger partial charge on any atom is 0.418 e. The Hall–Kier alpha value is -0.940. The van der Waals surface area contributed by atoms with Crippen LogP contribution in [0.4, 0.5) is 18.9 Å². The molecular weight excluding hydrogens is 243 g/mol. The Kier molecular flexibility index (Phi) is 4.44. The zero-order valence-corrected chi connectivity index (χ0v) is 9.02. The van der Waals surface area contributed by atoms with Crippen molar-refractivity contribution in [1.82, 2.24) is 0 Å². The molecule has 1 atom stereocenters. The highest BCUT2D eigenvalue weighted by Gasteiger charge is 2.33. The fourth-order valence-electron chi connectivity index (χ4n) is 1.17. The molecule has 16 heavy (non-hydrogen) atoms. The first-order valence-corrected chi connectivity index (χ1v) is 5.12. The van der Waals surface area contributed by atoms with Gasteiger partial charge in [0.2, 0.25) is 0 Å². The normalized spacial score (nSPS) is 13.6. The molecule has 1 aromatic rings. The Labute approximate surface area is 96.0 Å². The van der Waals surface area contributed by atoms with Crippen molar-refractivity contribution in [2.75, 3.05) is 17.7 Å². The molecule has 0 saturated heterocycles. The van der Waals surface area contributed by atoms with Gasteiger partial charge in [-0.2, -0.15) is 13.2 Å². The molecular formula is C10H11ClF3NO. The molecule has 0 bridgehead atoms. The topological polar surface area (TPSA) is 32.3 Å². The van der Waals surface area contributed by atoms with Crippen molar-refractivity contribution in [2.45, 2.75) is 12.3 Å². The Balaban J connectivity index is 2.80. The van der Waals surface area contributed by atoms with Crippen LogP contribution in [-0.4, -0.2) is 23.6 Å². The molecule has 0 spiro atoms. The number of hydrogen-bond acceptors (Lipinski definition) is 2. The van der Waals surface area contributed by atoms with Crippen LogP contribution in [0.1, 0.15) is 5.56 Å². The third-order valence-electron chi connectivity index (χ3n) is 1.94. The smallest absolute Gasteiger partial charge is 0.390 e. The molecule has 0 fully saturated rings. The highest BCUT2D eigenvalue weighted by molar-refractivity contribution is 6.18. The molecule has 0 heterocycles. The van der Waals surface area contributed by atoms with Crippen molar-refractivity contribution in [3.8, 4) is 0 Å². The summed E-state index contributed by atoms with van der Waals surface area (Å²) >= 11 is 5.34. The quantitative estimate of drug-likeness (QED) is 0.809. The fraction of sp³-hybridized carbons (Fsp3) is 0.400. The first-order valence-electron chi connectivity index (χ1n) is 4.59. The molecule has 90 valence electrons. The van der Waals surface area contributed by atoms with Crippen molar-refractivity contribution in [1.29, 1.82) is 0 Å². The van der Waals surface area contributed by atoms with Crippen LogP contribution in [0.3, 0.4) is 0 Å². The van der Waals surface area contributed by atoms with E-state index in [1.54, 1.807) is 0 Å². The molecule has 0 amide bonds. The van der Waals surface area contributed by atoms with E-state index in [9.17, 15) is 13.2 Å². The molecule has 0 radical (unpaired) electrons. The number of rotatable bonds is 4. The van der Waals surface area contributed by atoms with Crippen LogP contribution in [0.25, 0.3) is 0 Å². The molecule has 0 aliphatic carbocycles. The first kappa shape index (κ1) is 13.1. The van der Waals surface area contributed by atoms with Gasteiger partial charge >= 0.3 is 6.18 Å². The zero-order chi connectivity index (χ0) is 12.2. The summed E-state index contributed by atoms with van der Waals surface area (Å²) in [5, 5.41) is 11.7. The average Bonchev–Trinajstić information content (AvgIpc) is 2.25. The number of para-hydroxylation sites is 1. The van der Waals surface area contributed by atoms with E-state index in [1.807, 2.05) is 0 Å². The van der Waals surface area contributed by atoms with Crippen molar-refractivity contribution < 1.29 is 18.3 Å². The highest BCUT2D eigenvalue weighted by atomic mass is 35.5. The van der Waals surface area contributed by atoms with Gasteiger partial charge in [-0.3, -0.25) is 0 Å². The predicted octanol–water partition coefficient (Wildman–Crippen LogP) is 2.72. The van der Waals surface area contributed by atoms with E-state index in [1.165, 1.54) is 18.2 Å². The number of aliphatic hydroxyl groups excluding tert-OH is 1. The molecule has 6 heteroatoms. The van der Waals surface area contributed by atoms with Crippen LogP contribution < -0.4 is 5.32 Å². The Morgan fingerprint density at radius 1 is 1.31 bits per heavy atom. The van der Waals surface area contributed by atoms with E-state index >= 15 is 0 Å². The van der Waals surface area contributed by atoms with Crippen LogP contribution in [0.5, 0.6) is 0 Å². The van der Waals surface area contributed by atoms with Crippen LogP contribution in [0.15, 0.2) is 24.3 Å². The van der Waals surface area contributed by atoms with Crippen molar-refractivity contribution in [3.05, 3.63) is 29.8 Å². The third-order valence-corrected chi connectivity index (χ3v) is 2.29. The van der Waals surface area contributed by atoms with E-state index in [-0.39, 0.29) is 18.1 Å². The maximum atomic E-state index is 12.5. The highest BCUT2D eigenvalue weighted by Crippen LogP contribution is 2.34. The second kappa shape index (κ2) is 5.41. The molecule has 2 N–H and O–H groups in total. The molecule has 0 aliphatic heterocycles. The minimum Gasteiger partial charge on any atom is -0.390 e. The molecule has 1 rings (SSSR count). The van der Waals surface area contributed by atoms with E-state index in [2.05, 4.69) is 5.32 Å². The predicted molar refractivity (Wildman–Crippen MR) is 56.7 cm³/mol. The third kappa shape index (κ3) is 3.57. The van der Waals surface area contributed by atoms with Gasteiger partial charge in [0.25, 0.3) is 0 Å². The van der Waals surface area contributed by atoms with Crippen LogP contribution in [-0.2, 0) is 6.18 Å². The first-order chi connectivity index (χ1) is 7.45. The van der Waals surface area contributed by atoms with Crippen LogP contribution in [0, 0.1) is 0 Å². The number of aliphatic hydroxyl groups is 1. The zero-order valence-electron chi connectivity index (χ0n) is 8.26. The maximum absolute atomic E-state index is 12.5. The van der Waals surface area contributed by atoms with Gasteiger partial charge in [0, 0.05) is 12.2 Å². The summed E-state index contributed by atoms with van der Waals surface area (Å²) < 4.78 is 37.6. The fourth-order valence-corrected chi connectivity index (χ4v) is 1.28. The summed E-state index contributed by atoms with van der Waals surface area (Å²) in [4.78, 5) is 0. The molecule has 0 aliphatic rings. The molecule has 1 unspecified atom stereocenters. The van der Waals surface area contributed by atoms with Gasteiger partial charge in [-0.15, -0.1) is 11.6 Å². The van der Waals surface area contributed by atoms with Crippen molar-refractivity contribution in [2.24, 2.45) is 0 Å². The lowest BCUT2D eigenvalue weighted by atomic mass is 10.1. The summed E-state index contributed by atoms with van der Waals surface area (Å²) in [6.07, 6.45) is -5.28. The number of alkyl halides is 4. The van der Waals surface area contributed by atoms with Gasteiger partial charge in [-0.05, 0) is 12.1 Å². The van der Waals surface area contributed by atoms with Gasteiger partial charge in [-0.1, -0.05) is 12.1 Å². The second-order valence-electron chi connectivity index (χ2n) is 3.23. The lowest BCUT2D eigenvalue weighted by Gasteiger charge is -2.15. The SMILES string of the molecule is OC(CCl)CNc1ccccc1C(F)(F)F. The van der Waals surface area contributed by atoms with Gasteiger partial charge in [-0.25, -0.2) is 0 Å². The Bertz CT molecular complexity index is 343. The van der Waals surface area contributed by atoms with Crippen LogP contribution in [0.2, 0.25) is 0 Å². The van der Waals surface area contributed by atoms with Crippen molar-refractivity contribution >= 4 is 17.3 Å². The minimum atomic E-state index is -4.41. The van der Waals surface area contributed by atoms with Crippen molar-refractivity contribution in [3.63, 3.8) is 0 Å². The summed E-state index contributed by atoms with van der Waals surface area (Å²) in [5.41, 5.74) is -0.809. The number of hydrogen-bond donors (Lipinski definition) is 2. The summed E-state index contributed by atoms with van der Waals surface area (Å²) in [6, 6.07) is 5.09. The van der Waals surface area contributed by atoms with Crippen LogP contribution >= 0.6 is 11.6 Å². The lowest BCUT2D eigenvalue weighted by Crippen LogP contribution is -2.22. The second-order valence-corrected chi connectivity index (χ2v) is 3.54. The molecule has 0 saturated carbocycles. The summed E-state index contributed by atoms with van der Waals surface area (Å²) in [6.45, 7) is -0.0173. The largest absolute Gasteiger partial charge is 0.418 e. The Morgan fingerprint density at radius 3 is 2.50 bits per heavy atom. The standard InChI is InChI=1S/C10H11ClF3NO/c11-5-7(16)6-15-9-4-2-1-3-8(9)10(12,13)14/h1-4,7,15-16H,5-6H2. The van der Waals surface area contributed by atoms with E-state index < -0.39 is 17.8 Å². The molecule has 1 aromatic carbocycles. The monoisotopic (exact) mass is 253 g/mol. The van der Waals surface area contributed by atoms with Gasteiger partial charge < -0.3 is 10.4 Å².